The van der Waals surface area contributed by atoms with Crippen LogP contribution in [0, 0.1) is 18.8 Å². The Bertz CT molecular complexity index is 996. The number of likely N-dealkylation sites (tertiary alicyclic amines) is 1. The van der Waals surface area contributed by atoms with Crippen LogP contribution in [0.4, 0.5) is 0 Å². The first-order valence-electron chi connectivity index (χ1n) is 10.4. The molecule has 7 nitrogen and oxygen atoms in total. The third-order valence-corrected chi connectivity index (χ3v) is 7.51. The summed E-state index contributed by atoms with van der Waals surface area (Å²) in [6, 6.07) is 0. The van der Waals surface area contributed by atoms with Gasteiger partial charge in [-0.3, -0.25) is 14.2 Å². The van der Waals surface area contributed by atoms with E-state index in [1.807, 2.05) is 4.90 Å². The summed E-state index contributed by atoms with van der Waals surface area (Å²) in [4.78, 5) is 45.1. The zero-order valence-corrected chi connectivity index (χ0v) is 17.8. The molecular formula is C21H27N3O4S. The van der Waals surface area contributed by atoms with E-state index in [2.05, 4.69) is 4.98 Å². The van der Waals surface area contributed by atoms with Gasteiger partial charge in [0, 0.05) is 13.1 Å². The molecule has 2 aromatic rings. The zero-order chi connectivity index (χ0) is 20.5. The van der Waals surface area contributed by atoms with Crippen molar-refractivity contribution in [1.82, 2.24) is 14.5 Å². The number of esters is 1. The van der Waals surface area contributed by atoms with E-state index in [4.69, 9.17) is 4.74 Å². The number of hydrogen-bond acceptors (Lipinski definition) is 6. The van der Waals surface area contributed by atoms with E-state index < -0.39 is 5.97 Å². The van der Waals surface area contributed by atoms with Crippen LogP contribution >= 0.6 is 11.3 Å². The van der Waals surface area contributed by atoms with E-state index in [1.165, 1.54) is 36.6 Å². The molecule has 2 atom stereocenters. The Balaban J connectivity index is 1.54. The van der Waals surface area contributed by atoms with E-state index in [-0.39, 0.29) is 24.6 Å². The summed E-state index contributed by atoms with van der Waals surface area (Å²) in [5.41, 5.74) is 0.297. The van der Waals surface area contributed by atoms with Gasteiger partial charge in [-0.05, 0) is 44.1 Å². The van der Waals surface area contributed by atoms with Crippen molar-refractivity contribution in [2.75, 3.05) is 19.7 Å². The molecule has 2 fully saturated rings. The highest BCUT2D eigenvalue weighted by molar-refractivity contribution is 7.20. The number of thiophene rings is 1. The van der Waals surface area contributed by atoms with Crippen molar-refractivity contribution in [2.45, 2.75) is 52.5 Å². The van der Waals surface area contributed by atoms with Crippen molar-refractivity contribution in [2.24, 2.45) is 11.8 Å². The summed E-state index contributed by atoms with van der Waals surface area (Å²) in [6.45, 7) is 5.31. The standard InChI is InChI=1S/C21H27N3O4S/c1-3-28-21(27)18-13(2)17-19(29-18)22-12-24(20(17)26)11-16(25)23-9-8-14-6-4-5-7-15(14)10-23/h12,14-15H,3-11H2,1-2H3/t14-,15-/m0/s1. The number of nitrogens with zero attached hydrogens (tertiary/aromatic N) is 3. The number of fused-ring (bicyclic) bond motifs is 2. The first-order chi connectivity index (χ1) is 14.0. The Hall–Kier alpha value is -2.22. The van der Waals surface area contributed by atoms with Gasteiger partial charge in [0.1, 0.15) is 16.3 Å². The number of rotatable bonds is 4. The summed E-state index contributed by atoms with van der Waals surface area (Å²) in [5.74, 6) is 0.884. The van der Waals surface area contributed by atoms with Crippen molar-refractivity contribution >= 4 is 33.4 Å². The van der Waals surface area contributed by atoms with Crippen LogP contribution in [-0.2, 0) is 16.1 Å². The van der Waals surface area contributed by atoms with Crippen LogP contribution in [0.15, 0.2) is 11.1 Å². The second kappa shape index (κ2) is 8.26. The number of carbonyl (C=O) groups excluding carboxylic acids is 2. The van der Waals surface area contributed by atoms with Gasteiger partial charge >= 0.3 is 5.97 Å². The third kappa shape index (κ3) is 3.82. The van der Waals surface area contributed by atoms with Gasteiger partial charge in [0.2, 0.25) is 5.91 Å². The second-order valence-electron chi connectivity index (χ2n) is 8.07. The Morgan fingerprint density at radius 2 is 2.00 bits per heavy atom. The highest BCUT2D eigenvalue weighted by Gasteiger charge is 2.33. The minimum Gasteiger partial charge on any atom is -0.462 e. The molecule has 0 radical (unpaired) electrons. The summed E-state index contributed by atoms with van der Waals surface area (Å²) in [5, 5.41) is 0.402. The lowest BCUT2D eigenvalue weighted by molar-refractivity contribution is -0.135. The van der Waals surface area contributed by atoms with E-state index in [9.17, 15) is 14.4 Å². The molecule has 156 valence electrons. The largest absolute Gasteiger partial charge is 0.462 e. The maximum absolute atomic E-state index is 13.0. The fraction of sp³-hybridized carbons (Fsp3) is 0.619. The van der Waals surface area contributed by atoms with E-state index in [0.29, 0.717) is 26.6 Å². The molecule has 1 aliphatic heterocycles. The number of hydrogen-bond donors (Lipinski definition) is 0. The Kier molecular flexibility index (Phi) is 5.72. The first-order valence-corrected chi connectivity index (χ1v) is 11.2. The average Bonchev–Trinajstić information content (AvgIpc) is 3.07. The molecule has 1 saturated heterocycles. The number of aryl methyl sites for hydroxylation is 1. The molecule has 0 N–H and O–H groups in total. The molecule has 0 spiro atoms. The normalized spacial score (nSPS) is 21.8. The van der Waals surface area contributed by atoms with Gasteiger partial charge in [-0.2, -0.15) is 0 Å². The maximum atomic E-state index is 13.0. The maximum Gasteiger partial charge on any atom is 0.348 e. The highest BCUT2D eigenvalue weighted by Crippen LogP contribution is 2.36. The van der Waals surface area contributed by atoms with Crippen LogP contribution in [0.5, 0.6) is 0 Å². The molecule has 2 aromatic heterocycles. The summed E-state index contributed by atoms with van der Waals surface area (Å²) in [7, 11) is 0. The van der Waals surface area contributed by atoms with Crippen molar-refractivity contribution in [1.29, 1.82) is 0 Å². The molecule has 3 heterocycles. The summed E-state index contributed by atoms with van der Waals surface area (Å²) >= 11 is 1.16. The number of ether oxygens (including phenoxy) is 1. The number of aromatic nitrogens is 2. The SMILES string of the molecule is CCOC(=O)c1sc2ncn(CC(=O)N3CC[C@@H]4CCCC[C@H]4C3)c(=O)c2c1C. The molecule has 1 amide bonds. The lowest BCUT2D eigenvalue weighted by Gasteiger charge is -2.41. The van der Waals surface area contributed by atoms with Crippen LogP contribution in [0.1, 0.15) is 54.3 Å². The zero-order valence-electron chi connectivity index (χ0n) is 17.0. The Morgan fingerprint density at radius 1 is 1.24 bits per heavy atom. The van der Waals surface area contributed by atoms with Crippen molar-refractivity contribution in [3.63, 3.8) is 0 Å². The molecule has 1 aliphatic carbocycles. The molecule has 0 aromatic carbocycles. The molecule has 0 unspecified atom stereocenters. The van der Waals surface area contributed by atoms with E-state index in [1.54, 1.807) is 13.8 Å². The first kappa shape index (κ1) is 20.1. The van der Waals surface area contributed by atoms with Gasteiger partial charge in [-0.1, -0.05) is 19.3 Å². The van der Waals surface area contributed by atoms with Crippen LogP contribution < -0.4 is 5.56 Å². The summed E-state index contributed by atoms with van der Waals surface area (Å²) in [6.07, 6.45) is 7.53. The number of amides is 1. The molecule has 0 bridgehead atoms. The van der Waals surface area contributed by atoms with E-state index >= 15 is 0 Å². The molecule has 29 heavy (non-hydrogen) atoms. The average molecular weight is 418 g/mol. The van der Waals surface area contributed by atoms with Crippen LogP contribution in [0.2, 0.25) is 0 Å². The van der Waals surface area contributed by atoms with Crippen molar-refractivity contribution in [3.05, 3.63) is 27.1 Å². The lowest BCUT2D eigenvalue weighted by Crippen LogP contribution is -2.46. The third-order valence-electron chi connectivity index (χ3n) is 6.33. The predicted molar refractivity (Wildman–Crippen MR) is 111 cm³/mol. The molecule has 2 aliphatic rings. The monoisotopic (exact) mass is 417 g/mol. The minimum atomic E-state index is -0.439. The van der Waals surface area contributed by atoms with Gasteiger partial charge < -0.3 is 9.64 Å². The van der Waals surface area contributed by atoms with Gasteiger partial charge in [0.25, 0.3) is 5.56 Å². The predicted octanol–water partition coefficient (Wildman–Crippen LogP) is 2.98. The smallest absolute Gasteiger partial charge is 0.348 e. The number of carbonyl (C=O) groups is 2. The van der Waals surface area contributed by atoms with Crippen LogP contribution in [0.3, 0.4) is 0 Å². The molecule has 8 heteroatoms. The summed E-state index contributed by atoms with van der Waals surface area (Å²) < 4.78 is 6.44. The molecule has 4 rings (SSSR count). The molecular weight excluding hydrogens is 390 g/mol. The minimum absolute atomic E-state index is 0.0107. The molecule has 1 saturated carbocycles. The van der Waals surface area contributed by atoms with Crippen molar-refractivity contribution in [3.8, 4) is 0 Å². The Labute approximate surface area is 173 Å². The topological polar surface area (TPSA) is 81.5 Å². The fourth-order valence-corrected chi connectivity index (χ4v) is 5.77. The lowest BCUT2D eigenvalue weighted by atomic mass is 9.75. The van der Waals surface area contributed by atoms with Crippen LogP contribution in [0.25, 0.3) is 10.2 Å². The Morgan fingerprint density at radius 3 is 2.76 bits per heavy atom. The quantitative estimate of drug-likeness (QED) is 0.715. The number of piperidine rings is 1. The highest BCUT2D eigenvalue weighted by atomic mass is 32.1. The van der Waals surface area contributed by atoms with Gasteiger partial charge in [-0.15, -0.1) is 11.3 Å². The van der Waals surface area contributed by atoms with Gasteiger partial charge in [0.05, 0.1) is 18.3 Å². The fourth-order valence-electron chi connectivity index (χ4n) is 4.74. The van der Waals surface area contributed by atoms with Gasteiger partial charge in [-0.25, -0.2) is 9.78 Å². The second-order valence-corrected chi connectivity index (χ2v) is 9.07. The van der Waals surface area contributed by atoms with Crippen LogP contribution in [-0.4, -0.2) is 46.0 Å². The van der Waals surface area contributed by atoms with E-state index in [0.717, 1.165) is 36.8 Å². The van der Waals surface area contributed by atoms with Crippen molar-refractivity contribution < 1.29 is 14.3 Å². The van der Waals surface area contributed by atoms with Gasteiger partial charge in [0.15, 0.2) is 0 Å².